The molecule has 0 aliphatic carbocycles. The first kappa shape index (κ1) is 16.0. The molecular weight excluding hydrogens is 291 g/mol. The number of ether oxygens (including phenoxy) is 3. The summed E-state index contributed by atoms with van der Waals surface area (Å²) in [7, 11) is 1.41. The van der Waals surface area contributed by atoms with E-state index in [-0.39, 0.29) is 19.0 Å². The van der Waals surface area contributed by atoms with Gasteiger partial charge in [0.05, 0.1) is 12.9 Å². The Morgan fingerprint density at radius 2 is 2.05 bits per heavy atom. The van der Waals surface area contributed by atoms with Crippen molar-refractivity contribution in [3.8, 4) is 5.75 Å². The first-order valence-electron chi connectivity index (χ1n) is 6.74. The Labute approximate surface area is 127 Å². The molecule has 0 unspecified atom stereocenters. The van der Waals surface area contributed by atoms with Crippen LogP contribution >= 0.6 is 0 Å². The van der Waals surface area contributed by atoms with E-state index in [9.17, 15) is 9.18 Å². The molecule has 0 aliphatic rings. The van der Waals surface area contributed by atoms with Crippen LogP contribution in [0.2, 0.25) is 0 Å². The molecule has 1 atom stereocenters. The van der Waals surface area contributed by atoms with Gasteiger partial charge in [-0.15, -0.1) is 0 Å². The number of halogens is 1. The van der Waals surface area contributed by atoms with Crippen molar-refractivity contribution in [3.63, 3.8) is 0 Å². The van der Waals surface area contributed by atoms with Crippen molar-refractivity contribution in [2.24, 2.45) is 0 Å². The molecule has 1 aromatic carbocycles. The Balaban J connectivity index is 1.98. The van der Waals surface area contributed by atoms with Crippen molar-refractivity contribution in [1.29, 1.82) is 0 Å². The SMILES string of the molecule is COC[C@@H](CF)OC(=O)c1occc1COc1ccccc1. The van der Waals surface area contributed by atoms with E-state index in [0.717, 1.165) is 0 Å². The number of furan rings is 1. The van der Waals surface area contributed by atoms with Crippen LogP contribution in [-0.2, 0) is 16.1 Å². The van der Waals surface area contributed by atoms with Crippen LogP contribution in [0.3, 0.4) is 0 Å². The summed E-state index contributed by atoms with van der Waals surface area (Å²) in [6, 6.07) is 10.8. The monoisotopic (exact) mass is 308 g/mol. The summed E-state index contributed by atoms with van der Waals surface area (Å²) in [5, 5.41) is 0. The molecule has 0 radical (unpaired) electrons. The second kappa shape index (κ2) is 8.19. The molecular formula is C16H17FO5. The number of carbonyl (C=O) groups excluding carboxylic acids is 1. The Bertz CT molecular complexity index is 581. The maximum atomic E-state index is 12.7. The fourth-order valence-corrected chi connectivity index (χ4v) is 1.81. The lowest BCUT2D eigenvalue weighted by molar-refractivity contribution is -0.00498. The fourth-order valence-electron chi connectivity index (χ4n) is 1.81. The van der Waals surface area contributed by atoms with Crippen molar-refractivity contribution in [3.05, 3.63) is 54.0 Å². The summed E-state index contributed by atoms with van der Waals surface area (Å²) >= 11 is 0. The molecule has 1 heterocycles. The summed E-state index contributed by atoms with van der Waals surface area (Å²) in [5.41, 5.74) is 0.531. The molecule has 0 N–H and O–H groups in total. The third-order valence-electron chi connectivity index (χ3n) is 2.87. The number of rotatable bonds is 8. The molecule has 6 heteroatoms. The molecule has 0 saturated heterocycles. The standard InChI is InChI=1S/C16H17FO5/c1-19-11-14(9-17)22-16(18)15-12(7-8-20-15)10-21-13-5-3-2-4-6-13/h2-8,14H,9-11H2,1H3/t14-/m1/s1. The van der Waals surface area contributed by atoms with E-state index in [2.05, 4.69) is 0 Å². The van der Waals surface area contributed by atoms with Gasteiger partial charge in [0, 0.05) is 12.7 Å². The lowest BCUT2D eigenvalue weighted by Gasteiger charge is -2.13. The minimum absolute atomic E-state index is 0.00508. The Kier molecular flexibility index (Phi) is 5.97. The zero-order chi connectivity index (χ0) is 15.8. The summed E-state index contributed by atoms with van der Waals surface area (Å²) < 4.78 is 33.1. The second-order valence-electron chi connectivity index (χ2n) is 4.51. The van der Waals surface area contributed by atoms with Gasteiger partial charge in [-0.05, 0) is 18.2 Å². The minimum atomic E-state index is -0.953. The van der Waals surface area contributed by atoms with Crippen LogP contribution in [-0.4, -0.2) is 32.5 Å². The highest BCUT2D eigenvalue weighted by molar-refractivity contribution is 5.88. The largest absolute Gasteiger partial charge is 0.489 e. The normalized spacial score (nSPS) is 11.9. The number of methoxy groups -OCH3 is 1. The van der Waals surface area contributed by atoms with E-state index >= 15 is 0 Å². The maximum absolute atomic E-state index is 12.7. The Morgan fingerprint density at radius 1 is 1.27 bits per heavy atom. The molecule has 118 valence electrons. The highest BCUT2D eigenvalue weighted by atomic mass is 19.1. The van der Waals surface area contributed by atoms with Gasteiger partial charge in [-0.1, -0.05) is 18.2 Å². The number of carbonyl (C=O) groups is 1. The Morgan fingerprint density at radius 3 is 2.73 bits per heavy atom. The highest BCUT2D eigenvalue weighted by Gasteiger charge is 2.21. The lowest BCUT2D eigenvalue weighted by atomic mass is 10.2. The van der Waals surface area contributed by atoms with E-state index in [1.807, 2.05) is 18.2 Å². The van der Waals surface area contributed by atoms with Gasteiger partial charge in [0.1, 0.15) is 19.0 Å². The number of hydrogen-bond donors (Lipinski definition) is 0. The van der Waals surface area contributed by atoms with Gasteiger partial charge in [0.25, 0.3) is 0 Å². The molecule has 0 bridgehead atoms. The van der Waals surface area contributed by atoms with Gasteiger partial charge in [-0.3, -0.25) is 0 Å². The molecule has 1 aromatic heterocycles. The van der Waals surface area contributed by atoms with E-state index in [4.69, 9.17) is 18.6 Å². The summed E-state index contributed by atoms with van der Waals surface area (Å²) in [5.74, 6) is -0.0640. The van der Waals surface area contributed by atoms with E-state index < -0.39 is 18.7 Å². The molecule has 0 spiro atoms. The predicted molar refractivity (Wildman–Crippen MR) is 76.5 cm³/mol. The van der Waals surface area contributed by atoms with Crippen molar-refractivity contribution in [1.82, 2.24) is 0 Å². The maximum Gasteiger partial charge on any atom is 0.375 e. The van der Waals surface area contributed by atoms with Gasteiger partial charge >= 0.3 is 5.97 Å². The number of alkyl halides is 1. The van der Waals surface area contributed by atoms with Gasteiger partial charge in [-0.2, -0.15) is 0 Å². The van der Waals surface area contributed by atoms with Crippen LogP contribution < -0.4 is 4.74 Å². The third-order valence-corrected chi connectivity index (χ3v) is 2.87. The molecule has 22 heavy (non-hydrogen) atoms. The van der Waals surface area contributed by atoms with Gasteiger partial charge in [-0.25, -0.2) is 9.18 Å². The summed E-state index contributed by atoms with van der Waals surface area (Å²) in [6.45, 7) is -0.690. The first-order chi connectivity index (χ1) is 10.7. The quantitative estimate of drug-likeness (QED) is 0.702. The molecule has 2 rings (SSSR count). The molecule has 0 aliphatic heterocycles. The van der Waals surface area contributed by atoms with Crippen molar-refractivity contribution < 1.29 is 27.8 Å². The predicted octanol–water partition coefficient (Wildman–Crippen LogP) is 3.00. The van der Waals surface area contributed by atoms with Crippen LogP contribution in [0.1, 0.15) is 16.1 Å². The summed E-state index contributed by atoms with van der Waals surface area (Å²) in [6.07, 6.45) is 0.409. The number of esters is 1. The molecule has 5 nitrogen and oxygen atoms in total. The number of para-hydroxylation sites is 1. The van der Waals surface area contributed by atoms with Crippen LogP contribution in [0.4, 0.5) is 4.39 Å². The number of hydrogen-bond acceptors (Lipinski definition) is 5. The molecule has 0 saturated carbocycles. The highest BCUT2D eigenvalue weighted by Crippen LogP contribution is 2.17. The second-order valence-corrected chi connectivity index (χ2v) is 4.51. The topological polar surface area (TPSA) is 57.9 Å². The minimum Gasteiger partial charge on any atom is -0.489 e. The summed E-state index contributed by atoms with van der Waals surface area (Å²) in [4.78, 5) is 12.0. The van der Waals surface area contributed by atoms with E-state index in [1.54, 1.807) is 18.2 Å². The van der Waals surface area contributed by atoms with Crippen molar-refractivity contribution in [2.75, 3.05) is 20.4 Å². The average molecular weight is 308 g/mol. The third kappa shape index (κ3) is 4.33. The van der Waals surface area contributed by atoms with Crippen LogP contribution in [0.15, 0.2) is 47.1 Å². The molecule has 2 aromatic rings. The van der Waals surface area contributed by atoms with Gasteiger partial charge in [0.15, 0.2) is 6.10 Å². The van der Waals surface area contributed by atoms with Gasteiger partial charge < -0.3 is 18.6 Å². The lowest BCUT2D eigenvalue weighted by Crippen LogP contribution is -2.25. The zero-order valence-corrected chi connectivity index (χ0v) is 12.2. The molecule has 0 fully saturated rings. The van der Waals surface area contributed by atoms with Crippen LogP contribution in [0.5, 0.6) is 5.75 Å². The fraction of sp³-hybridized carbons (Fsp3) is 0.312. The van der Waals surface area contributed by atoms with Gasteiger partial charge in [0.2, 0.25) is 5.76 Å². The van der Waals surface area contributed by atoms with Crippen LogP contribution in [0, 0.1) is 0 Å². The van der Waals surface area contributed by atoms with E-state index in [0.29, 0.717) is 11.3 Å². The molecule has 0 amide bonds. The zero-order valence-electron chi connectivity index (χ0n) is 12.2. The van der Waals surface area contributed by atoms with E-state index in [1.165, 1.54) is 13.4 Å². The van der Waals surface area contributed by atoms with Crippen molar-refractivity contribution >= 4 is 5.97 Å². The van der Waals surface area contributed by atoms with Crippen molar-refractivity contribution in [2.45, 2.75) is 12.7 Å². The first-order valence-corrected chi connectivity index (χ1v) is 6.74. The smallest absolute Gasteiger partial charge is 0.375 e. The average Bonchev–Trinajstić information content (AvgIpc) is 3.02. The van der Waals surface area contributed by atoms with Crippen LogP contribution in [0.25, 0.3) is 0 Å². The Hall–Kier alpha value is -2.34. The number of benzene rings is 1.